The van der Waals surface area contributed by atoms with Crippen LogP contribution in [0.15, 0.2) is 30.3 Å². The molecule has 2 heterocycles. The lowest BCUT2D eigenvalue weighted by Gasteiger charge is -2.30. The molecule has 5 nitrogen and oxygen atoms in total. The second-order valence-electron chi connectivity index (χ2n) is 6.53. The Balaban J connectivity index is 1.96. The van der Waals surface area contributed by atoms with Crippen LogP contribution in [0.1, 0.15) is 35.8 Å². The largest absolute Gasteiger partial charge is 0.238 e. The quantitative estimate of drug-likeness (QED) is 0.858. The Hall–Kier alpha value is -1.79. The molecule has 0 N–H and O–H groups in total. The van der Waals surface area contributed by atoms with Gasteiger partial charge in [-0.25, -0.2) is 22.7 Å². The Kier molecular flexibility index (Phi) is 4.69. The van der Waals surface area contributed by atoms with Gasteiger partial charge in [-0.3, -0.25) is 0 Å². The van der Waals surface area contributed by atoms with Crippen LogP contribution in [0.5, 0.6) is 0 Å². The van der Waals surface area contributed by atoms with E-state index in [0.29, 0.717) is 13.1 Å². The molecule has 0 bridgehead atoms. The molecule has 24 heavy (non-hydrogen) atoms. The van der Waals surface area contributed by atoms with E-state index in [2.05, 4.69) is 24.0 Å². The van der Waals surface area contributed by atoms with Crippen molar-refractivity contribution in [2.24, 2.45) is 0 Å². The Labute approximate surface area is 143 Å². The molecule has 2 aromatic rings. The van der Waals surface area contributed by atoms with Crippen LogP contribution in [0.4, 0.5) is 0 Å². The first kappa shape index (κ1) is 17.0. The van der Waals surface area contributed by atoms with Crippen molar-refractivity contribution in [2.45, 2.75) is 32.6 Å². The smallest absolute Gasteiger partial charge is 0.211 e. The first-order valence-electron chi connectivity index (χ1n) is 8.21. The minimum absolute atomic E-state index is 0.0520. The normalized spacial score (nSPS) is 19.4. The van der Waals surface area contributed by atoms with Crippen LogP contribution in [-0.4, -0.2) is 42.0 Å². The first-order chi connectivity index (χ1) is 11.3. The van der Waals surface area contributed by atoms with Gasteiger partial charge >= 0.3 is 0 Å². The van der Waals surface area contributed by atoms with Gasteiger partial charge < -0.3 is 0 Å². The van der Waals surface area contributed by atoms with Crippen LogP contribution >= 0.6 is 0 Å². The van der Waals surface area contributed by atoms with Crippen LogP contribution in [0.2, 0.25) is 0 Å². The molecule has 1 atom stereocenters. The summed E-state index contributed by atoms with van der Waals surface area (Å²) in [6.45, 7) is 5.09. The molecule has 128 valence electrons. The van der Waals surface area contributed by atoms with E-state index in [1.54, 1.807) is 4.31 Å². The maximum Gasteiger partial charge on any atom is 0.211 e. The highest BCUT2D eigenvalue weighted by atomic mass is 32.2. The third-order valence-electron chi connectivity index (χ3n) is 4.51. The summed E-state index contributed by atoms with van der Waals surface area (Å²) in [6.07, 6.45) is 3.03. The molecule has 0 aliphatic carbocycles. The van der Waals surface area contributed by atoms with E-state index in [4.69, 9.17) is 4.98 Å². The van der Waals surface area contributed by atoms with E-state index < -0.39 is 10.0 Å². The summed E-state index contributed by atoms with van der Waals surface area (Å²) in [7, 11) is -3.17. The van der Waals surface area contributed by atoms with Gasteiger partial charge in [-0.1, -0.05) is 24.3 Å². The van der Waals surface area contributed by atoms with E-state index in [1.807, 2.05) is 25.1 Å². The molecule has 1 aliphatic rings. The number of aryl methyl sites for hydroxylation is 2. The van der Waals surface area contributed by atoms with Crippen LogP contribution < -0.4 is 0 Å². The number of hydrogen-bond donors (Lipinski definition) is 0. The van der Waals surface area contributed by atoms with Crippen molar-refractivity contribution in [1.82, 2.24) is 14.3 Å². The van der Waals surface area contributed by atoms with Crippen molar-refractivity contribution >= 4 is 10.0 Å². The van der Waals surface area contributed by atoms with Gasteiger partial charge in [-0.15, -0.1) is 0 Å². The monoisotopic (exact) mass is 345 g/mol. The number of nitrogens with zero attached hydrogens (tertiary/aromatic N) is 3. The highest BCUT2D eigenvalue weighted by Crippen LogP contribution is 2.28. The van der Waals surface area contributed by atoms with Crippen molar-refractivity contribution in [3.05, 3.63) is 47.4 Å². The second kappa shape index (κ2) is 6.61. The van der Waals surface area contributed by atoms with Gasteiger partial charge in [0.2, 0.25) is 10.0 Å². The van der Waals surface area contributed by atoms with Gasteiger partial charge in [-0.05, 0) is 38.3 Å². The molecule has 3 rings (SSSR count). The van der Waals surface area contributed by atoms with Crippen LogP contribution in [0.3, 0.4) is 0 Å². The average Bonchev–Trinajstić information content (AvgIpc) is 2.54. The molecular formula is C18H23N3O2S. The fourth-order valence-electron chi connectivity index (χ4n) is 3.23. The van der Waals surface area contributed by atoms with Crippen LogP contribution in [0.25, 0.3) is 11.3 Å². The van der Waals surface area contributed by atoms with Crippen molar-refractivity contribution < 1.29 is 8.42 Å². The molecule has 6 heteroatoms. The van der Waals surface area contributed by atoms with E-state index in [0.717, 1.165) is 35.6 Å². The van der Waals surface area contributed by atoms with Crippen LogP contribution in [0, 0.1) is 13.8 Å². The number of sulfonamides is 1. The summed E-state index contributed by atoms with van der Waals surface area (Å²) in [6, 6.07) is 10.1. The van der Waals surface area contributed by atoms with Crippen LogP contribution in [-0.2, 0) is 10.0 Å². The van der Waals surface area contributed by atoms with E-state index >= 15 is 0 Å². The Morgan fingerprint density at radius 3 is 2.62 bits per heavy atom. The number of hydrogen-bond acceptors (Lipinski definition) is 4. The van der Waals surface area contributed by atoms with Crippen molar-refractivity contribution in [2.75, 3.05) is 19.3 Å². The number of piperidine rings is 1. The fourth-order valence-corrected chi connectivity index (χ4v) is 4.14. The van der Waals surface area contributed by atoms with Gasteiger partial charge in [0.25, 0.3) is 0 Å². The molecule has 0 saturated carbocycles. The van der Waals surface area contributed by atoms with Gasteiger partial charge in [0.15, 0.2) is 0 Å². The lowest BCUT2D eigenvalue weighted by Crippen LogP contribution is -2.38. The Morgan fingerprint density at radius 2 is 1.92 bits per heavy atom. The summed E-state index contributed by atoms with van der Waals surface area (Å²) in [5.74, 6) is 0.803. The zero-order chi connectivity index (χ0) is 17.3. The highest BCUT2D eigenvalue weighted by molar-refractivity contribution is 7.88. The number of benzene rings is 1. The van der Waals surface area contributed by atoms with Crippen molar-refractivity contribution in [3.63, 3.8) is 0 Å². The van der Waals surface area contributed by atoms with E-state index in [-0.39, 0.29) is 5.92 Å². The molecule has 0 spiro atoms. The number of aromatic nitrogens is 2. The summed E-state index contributed by atoms with van der Waals surface area (Å²) in [5, 5.41) is 0. The molecule has 1 aliphatic heterocycles. The number of rotatable bonds is 3. The van der Waals surface area contributed by atoms with E-state index in [1.165, 1.54) is 11.8 Å². The lowest BCUT2D eigenvalue weighted by atomic mass is 9.98. The Morgan fingerprint density at radius 1 is 1.17 bits per heavy atom. The second-order valence-corrected chi connectivity index (χ2v) is 8.51. The highest BCUT2D eigenvalue weighted by Gasteiger charge is 2.28. The van der Waals surface area contributed by atoms with Gasteiger partial charge in [0, 0.05) is 30.3 Å². The third-order valence-corrected chi connectivity index (χ3v) is 5.78. The molecule has 0 radical (unpaired) electrons. The molecule has 1 aromatic carbocycles. The average molecular weight is 345 g/mol. The first-order valence-corrected chi connectivity index (χ1v) is 10.1. The predicted octanol–water partition coefficient (Wildman–Crippen LogP) is 2.90. The van der Waals surface area contributed by atoms with Gasteiger partial charge in [0.1, 0.15) is 5.82 Å². The summed E-state index contributed by atoms with van der Waals surface area (Å²) in [4.78, 5) is 9.37. The standard InChI is InChI=1S/C18H23N3O2S/c1-13-7-4-5-9-16(13)17-11-14(2)19-18(20-17)15-8-6-10-21(12-15)24(3,22)23/h4-5,7,9,11,15H,6,8,10,12H2,1-3H3/t15-/m0/s1. The Bertz CT molecular complexity index is 849. The summed E-state index contributed by atoms with van der Waals surface area (Å²) < 4.78 is 25.2. The van der Waals surface area contributed by atoms with Crippen molar-refractivity contribution in [3.8, 4) is 11.3 Å². The minimum Gasteiger partial charge on any atom is -0.238 e. The van der Waals surface area contributed by atoms with Crippen molar-refractivity contribution in [1.29, 1.82) is 0 Å². The molecular weight excluding hydrogens is 322 g/mol. The lowest BCUT2D eigenvalue weighted by molar-refractivity contribution is 0.311. The minimum atomic E-state index is -3.17. The SMILES string of the molecule is Cc1cc(-c2ccccc2C)nc([C@H]2CCCN(S(C)(=O)=O)C2)n1. The molecule has 1 fully saturated rings. The van der Waals surface area contributed by atoms with Gasteiger partial charge in [-0.2, -0.15) is 0 Å². The molecule has 0 amide bonds. The summed E-state index contributed by atoms with van der Waals surface area (Å²) in [5.41, 5.74) is 4.09. The zero-order valence-electron chi connectivity index (χ0n) is 14.4. The maximum atomic E-state index is 11.8. The van der Waals surface area contributed by atoms with E-state index in [9.17, 15) is 8.42 Å². The topological polar surface area (TPSA) is 63.2 Å². The zero-order valence-corrected chi connectivity index (χ0v) is 15.2. The molecule has 0 unspecified atom stereocenters. The molecule has 1 saturated heterocycles. The predicted molar refractivity (Wildman–Crippen MR) is 95.3 cm³/mol. The maximum absolute atomic E-state index is 11.8. The third kappa shape index (κ3) is 3.65. The van der Waals surface area contributed by atoms with Gasteiger partial charge in [0.05, 0.1) is 11.9 Å². The molecule has 1 aromatic heterocycles. The summed E-state index contributed by atoms with van der Waals surface area (Å²) >= 11 is 0. The fraction of sp³-hybridized carbons (Fsp3) is 0.444.